The Labute approximate surface area is 327 Å². The van der Waals surface area contributed by atoms with Crippen LogP contribution < -0.4 is 0 Å². The first kappa shape index (κ1) is 32.2. The largest absolute Gasteiger partial charge is 0.308 e. The number of rotatable bonds is 6. The molecule has 0 saturated carbocycles. The van der Waals surface area contributed by atoms with Gasteiger partial charge in [0, 0.05) is 47.6 Å². The van der Waals surface area contributed by atoms with Gasteiger partial charge in [-0.25, -0.2) is 15.0 Å². The summed E-state index contributed by atoms with van der Waals surface area (Å²) in [5.74, 6) is 1.89. The summed E-state index contributed by atoms with van der Waals surface area (Å²) in [5, 5.41) is 4.98. The van der Waals surface area contributed by atoms with Crippen molar-refractivity contribution in [1.29, 1.82) is 0 Å². The molecule has 0 aliphatic heterocycles. The molecular formula is C51H32N4S. The summed E-state index contributed by atoms with van der Waals surface area (Å²) in [6, 6.07) is 68.5. The van der Waals surface area contributed by atoms with E-state index in [-0.39, 0.29) is 0 Å². The molecule has 4 nitrogen and oxygen atoms in total. The lowest BCUT2D eigenvalue weighted by Crippen LogP contribution is -2.03. The zero-order valence-corrected chi connectivity index (χ0v) is 31.0. The molecule has 0 N–H and O–H groups in total. The molecule has 5 heteroatoms. The van der Waals surface area contributed by atoms with Gasteiger partial charge < -0.3 is 4.57 Å². The highest BCUT2D eigenvalue weighted by Gasteiger charge is 2.21. The van der Waals surface area contributed by atoms with E-state index in [0.29, 0.717) is 17.5 Å². The van der Waals surface area contributed by atoms with Crippen molar-refractivity contribution in [3.05, 3.63) is 194 Å². The van der Waals surface area contributed by atoms with Gasteiger partial charge in [0.2, 0.25) is 0 Å². The second kappa shape index (κ2) is 13.3. The Balaban J connectivity index is 1.12. The van der Waals surface area contributed by atoms with E-state index in [0.717, 1.165) is 39.0 Å². The highest BCUT2D eigenvalue weighted by Crippen LogP contribution is 2.44. The lowest BCUT2D eigenvalue weighted by molar-refractivity contribution is 1.06. The highest BCUT2D eigenvalue weighted by molar-refractivity contribution is 7.26. The Morgan fingerprint density at radius 1 is 0.339 bits per heavy atom. The molecule has 0 aliphatic rings. The molecular weight excluding hydrogens is 701 g/mol. The predicted octanol–water partition coefficient (Wildman–Crippen LogP) is 13.7. The maximum absolute atomic E-state index is 5.22. The lowest BCUT2D eigenvalue weighted by atomic mass is 10.0. The molecule has 0 bridgehead atoms. The van der Waals surface area contributed by atoms with Crippen LogP contribution in [0.4, 0.5) is 0 Å². The minimum absolute atomic E-state index is 0.623. The summed E-state index contributed by atoms with van der Waals surface area (Å²) in [7, 11) is 0. The van der Waals surface area contributed by atoms with Gasteiger partial charge in [-0.05, 0) is 52.6 Å². The first-order chi connectivity index (χ1) is 27.8. The summed E-state index contributed by atoms with van der Waals surface area (Å²) < 4.78 is 4.95. The molecule has 11 rings (SSSR count). The van der Waals surface area contributed by atoms with Gasteiger partial charge in [0.15, 0.2) is 17.5 Å². The van der Waals surface area contributed by atoms with Crippen molar-refractivity contribution in [2.75, 3.05) is 0 Å². The molecule has 8 aromatic carbocycles. The van der Waals surface area contributed by atoms with Gasteiger partial charge in [0.1, 0.15) is 0 Å². The molecule has 262 valence electrons. The maximum Gasteiger partial charge on any atom is 0.166 e. The number of hydrogen-bond acceptors (Lipinski definition) is 4. The molecule has 0 fully saturated rings. The topological polar surface area (TPSA) is 43.6 Å². The Hall–Kier alpha value is -7.21. The van der Waals surface area contributed by atoms with Gasteiger partial charge in [-0.2, -0.15) is 0 Å². The van der Waals surface area contributed by atoms with Crippen LogP contribution in [0.3, 0.4) is 0 Å². The first-order valence-electron chi connectivity index (χ1n) is 18.8. The maximum atomic E-state index is 5.22. The summed E-state index contributed by atoms with van der Waals surface area (Å²) >= 11 is 1.86. The number of aromatic nitrogens is 4. The van der Waals surface area contributed by atoms with Gasteiger partial charge in [-0.1, -0.05) is 164 Å². The van der Waals surface area contributed by atoms with Crippen LogP contribution in [0, 0.1) is 0 Å². The lowest BCUT2D eigenvalue weighted by Gasteiger charge is -2.14. The third kappa shape index (κ3) is 5.40. The van der Waals surface area contributed by atoms with E-state index < -0.39 is 0 Å². The zero-order chi connectivity index (χ0) is 37.0. The summed E-state index contributed by atoms with van der Waals surface area (Å²) in [5.41, 5.74) is 10.9. The Morgan fingerprint density at radius 2 is 0.875 bits per heavy atom. The normalized spacial score (nSPS) is 11.6. The van der Waals surface area contributed by atoms with Gasteiger partial charge in [-0.3, -0.25) is 0 Å². The molecule has 0 atom stereocenters. The minimum atomic E-state index is 0.623. The average Bonchev–Trinajstić information content (AvgIpc) is 3.81. The summed E-state index contributed by atoms with van der Waals surface area (Å²) in [6.45, 7) is 0. The van der Waals surface area contributed by atoms with E-state index in [2.05, 4.69) is 174 Å². The van der Waals surface area contributed by atoms with Crippen molar-refractivity contribution in [1.82, 2.24) is 19.5 Å². The van der Waals surface area contributed by atoms with Gasteiger partial charge in [0.25, 0.3) is 0 Å². The summed E-state index contributed by atoms with van der Waals surface area (Å²) in [6.07, 6.45) is 0. The molecule has 3 heterocycles. The third-order valence-corrected chi connectivity index (χ3v) is 11.9. The van der Waals surface area contributed by atoms with Gasteiger partial charge in [-0.15, -0.1) is 11.3 Å². The van der Waals surface area contributed by atoms with Crippen molar-refractivity contribution in [3.8, 4) is 62.1 Å². The van der Waals surface area contributed by atoms with Crippen LogP contribution in [0.5, 0.6) is 0 Å². The van der Waals surface area contributed by atoms with Gasteiger partial charge in [0.05, 0.1) is 16.7 Å². The number of para-hydroxylation sites is 2. The molecule has 3 aromatic heterocycles. The Bertz CT molecular complexity index is 3220. The number of benzene rings is 8. The zero-order valence-electron chi connectivity index (χ0n) is 30.2. The molecule has 0 amide bonds. The first-order valence-corrected chi connectivity index (χ1v) is 19.6. The fourth-order valence-electron chi connectivity index (χ4n) is 8.01. The van der Waals surface area contributed by atoms with Crippen molar-refractivity contribution in [2.45, 2.75) is 0 Å². The smallest absolute Gasteiger partial charge is 0.166 e. The van der Waals surface area contributed by atoms with Crippen molar-refractivity contribution < 1.29 is 0 Å². The minimum Gasteiger partial charge on any atom is -0.308 e. The van der Waals surface area contributed by atoms with E-state index >= 15 is 0 Å². The van der Waals surface area contributed by atoms with Crippen molar-refractivity contribution >= 4 is 53.3 Å². The van der Waals surface area contributed by atoms with Crippen molar-refractivity contribution in [3.63, 3.8) is 0 Å². The van der Waals surface area contributed by atoms with E-state index in [9.17, 15) is 0 Å². The van der Waals surface area contributed by atoms with E-state index in [1.807, 2.05) is 35.6 Å². The second-order valence-corrected chi connectivity index (χ2v) is 15.1. The fraction of sp³-hybridized carbons (Fsp3) is 0. The molecule has 56 heavy (non-hydrogen) atoms. The molecule has 0 radical (unpaired) electrons. The van der Waals surface area contributed by atoms with Gasteiger partial charge >= 0.3 is 0 Å². The van der Waals surface area contributed by atoms with Crippen LogP contribution in [-0.4, -0.2) is 19.5 Å². The van der Waals surface area contributed by atoms with E-state index in [1.54, 1.807) is 0 Å². The SMILES string of the molecule is c1ccc(-c2ccc(-c3nc(-c4ccccc4)nc(-c4ccccc4-n4c5ccccc5c5cc6c(cc54)sc4c(-c5ccccc5)cccc46)n3)cc2)cc1. The van der Waals surface area contributed by atoms with Crippen LogP contribution in [-0.2, 0) is 0 Å². The van der Waals surface area contributed by atoms with Crippen LogP contribution in [0.1, 0.15) is 0 Å². The predicted molar refractivity (Wildman–Crippen MR) is 234 cm³/mol. The van der Waals surface area contributed by atoms with E-state index in [4.69, 9.17) is 15.0 Å². The Kier molecular flexibility index (Phi) is 7.64. The highest BCUT2D eigenvalue weighted by atomic mass is 32.1. The average molecular weight is 733 g/mol. The number of nitrogens with zero attached hydrogens (tertiary/aromatic N) is 4. The molecule has 0 saturated heterocycles. The monoisotopic (exact) mass is 732 g/mol. The summed E-state index contributed by atoms with van der Waals surface area (Å²) in [4.78, 5) is 15.4. The second-order valence-electron chi connectivity index (χ2n) is 14.0. The standard InChI is InChI=1S/C51H32N4S/c1-4-15-33(16-5-1)34-27-29-37(30-28-34)50-52-49(36-19-8-3-9-20-36)53-51(54-50)41-22-11-13-26-45(41)55-44-25-12-10-21-39(44)42-31-43-40-24-14-23-38(35-17-6-2-7-18-35)48(40)56-47(43)32-46(42)55/h1-32H. The molecule has 11 aromatic rings. The number of thiophene rings is 1. The molecule has 0 spiro atoms. The number of hydrogen-bond donors (Lipinski definition) is 0. The van der Waals surface area contributed by atoms with Crippen LogP contribution in [0.25, 0.3) is 104 Å². The van der Waals surface area contributed by atoms with Crippen LogP contribution in [0.15, 0.2) is 194 Å². The number of fused-ring (bicyclic) bond motifs is 6. The van der Waals surface area contributed by atoms with Crippen LogP contribution in [0.2, 0.25) is 0 Å². The Morgan fingerprint density at radius 3 is 1.62 bits per heavy atom. The van der Waals surface area contributed by atoms with Crippen molar-refractivity contribution in [2.24, 2.45) is 0 Å². The quantitative estimate of drug-likeness (QED) is 0.171. The van der Waals surface area contributed by atoms with E-state index in [1.165, 1.54) is 47.6 Å². The molecule has 0 unspecified atom stereocenters. The van der Waals surface area contributed by atoms with Crippen LogP contribution >= 0.6 is 11.3 Å². The molecule has 0 aliphatic carbocycles. The third-order valence-electron chi connectivity index (χ3n) is 10.7. The fourth-order valence-corrected chi connectivity index (χ4v) is 9.26.